The summed E-state index contributed by atoms with van der Waals surface area (Å²) in [5.74, 6) is -2.12. The van der Waals surface area contributed by atoms with Crippen LogP contribution in [0.2, 0.25) is 0 Å². The number of carbonyl (C=O) groups is 1. The molecule has 0 bridgehead atoms. The van der Waals surface area contributed by atoms with Gasteiger partial charge in [-0.3, -0.25) is 19.4 Å². The molecule has 45 heavy (non-hydrogen) atoms. The van der Waals surface area contributed by atoms with Crippen molar-refractivity contribution in [3.05, 3.63) is 57.9 Å². The van der Waals surface area contributed by atoms with Crippen LogP contribution in [0.1, 0.15) is 15.9 Å². The van der Waals surface area contributed by atoms with Crippen molar-refractivity contribution in [3.63, 3.8) is 0 Å². The van der Waals surface area contributed by atoms with Crippen LogP contribution in [-0.2, 0) is 35.9 Å². The quantitative estimate of drug-likeness (QED) is 0.0222. The fourth-order valence-corrected chi connectivity index (χ4v) is 4.83. The smallest absolute Gasteiger partial charge is 0.744 e. The van der Waals surface area contributed by atoms with Crippen molar-refractivity contribution in [2.75, 3.05) is 0 Å². The maximum atomic E-state index is 13.1. The summed E-state index contributed by atoms with van der Waals surface area (Å²) in [6.45, 7) is 1.27. The van der Waals surface area contributed by atoms with Gasteiger partial charge in [0.1, 0.15) is 26.9 Å². The minimum Gasteiger partial charge on any atom is -0.744 e. The van der Waals surface area contributed by atoms with Crippen LogP contribution in [0.5, 0.6) is 11.6 Å². The van der Waals surface area contributed by atoms with Gasteiger partial charge in [-0.15, -0.1) is 5.11 Å². The van der Waals surface area contributed by atoms with E-state index >= 15 is 0 Å². The number of hydrogen-bond acceptors (Lipinski definition) is 19. The molecule has 0 spiro atoms. The number of azo groups is 1. The summed E-state index contributed by atoms with van der Waals surface area (Å²) in [6.07, 6.45) is 0. The number of rotatable bonds is 11. The number of fused-ring (bicyclic) bond motifs is 1. The number of aromatic hydroxyl groups is 1. The van der Waals surface area contributed by atoms with Crippen LogP contribution in [0.4, 0.5) is 11.7 Å². The maximum absolute atomic E-state index is 13.1. The second-order valence-corrected chi connectivity index (χ2v) is 10.7. The minimum atomic E-state index is -4.76. The first-order chi connectivity index (χ1) is 19.9. The number of aromatic nitrogens is 2. The molecule has 0 aliphatic rings. The van der Waals surface area contributed by atoms with Crippen molar-refractivity contribution in [2.24, 2.45) is 17.3 Å². The van der Waals surface area contributed by atoms with Crippen LogP contribution in [-0.4, -0.2) is 33.6 Å². The van der Waals surface area contributed by atoms with Gasteiger partial charge in [0.2, 0.25) is 5.88 Å². The van der Waals surface area contributed by atoms with Crippen molar-refractivity contribution in [3.8, 4) is 11.6 Å². The first-order valence-corrected chi connectivity index (χ1v) is 13.7. The van der Waals surface area contributed by atoms with E-state index in [0.717, 1.165) is 19.2 Å². The van der Waals surface area contributed by atoms with Crippen molar-refractivity contribution in [2.45, 2.75) is 21.6 Å². The fourth-order valence-electron chi connectivity index (χ4n) is 3.38. The third-order valence-corrected chi connectivity index (χ3v) is 7.17. The predicted molar refractivity (Wildman–Crippen MR) is 132 cm³/mol. The number of ether oxygens (including phenoxy) is 1. The van der Waals surface area contributed by atoms with Crippen molar-refractivity contribution < 1.29 is 150 Å². The Morgan fingerprint density at radius 2 is 1.62 bits per heavy atom. The molecular formula is C21H13N4Na3O14S3. The molecule has 0 atom stereocenters. The zero-order valence-corrected chi connectivity index (χ0v) is 32.2. The molecule has 0 saturated carbocycles. The second kappa shape index (κ2) is 18.6. The molecule has 1 N–H and O–H groups in total. The summed E-state index contributed by atoms with van der Waals surface area (Å²) in [4.78, 5) is 29.7. The van der Waals surface area contributed by atoms with Crippen LogP contribution < -0.4 is 109 Å². The molecule has 0 saturated heterocycles. The van der Waals surface area contributed by atoms with E-state index in [2.05, 4.69) is 34.0 Å². The Labute approximate surface area is 327 Å². The molecule has 24 heteroatoms. The van der Waals surface area contributed by atoms with Crippen LogP contribution >= 0.6 is 24.1 Å². The molecule has 4 aromatic rings. The minimum absolute atomic E-state index is 0. The van der Waals surface area contributed by atoms with Gasteiger partial charge in [-0.2, -0.15) is 13.7 Å². The monoisotopic (exact) mass is 710 g/mol. The van der Waals surface area contributed by atoms with Gasteiger partial charge in [0, 0.05) is 28.5 Å². The van der Waals surface area contributed by atoms with E-state index in [0.29, 0.717) is 28.7 Å². The second-order valence-electron chi connectivity index (χ2n) is 7.78. The van der Waals surface area contributed by atoms with E-state index in [1.165, 1.54) is 31.2 Å². The summed E-state index contributed by atoms with van der Waals surface area (Å²) in [7, 11) is -3.62. The number of carbonyl (C=O) groups excluding carboxylic acids is 1. The van der Waals surface area contributed by atoms with Crippen LogP contribution in [0, 0.1) is 6.92 Å². The molecule has 222 valence electrons. The summed E-state index contributed by atoms with van der Waals surface area (Å²) in [6, 6.07) is 6.57. The Bertz CT molecular complexity index is 1840. The number of pyridine rings is 1. The Hall–Kier alpha value is -0.900. The first-order valence-electron chi connectivity index (χ1n) is 10.8. The van der Waals surface area contributed by atoms with Crippen molar-refractivity contribution >= 4 is 63.0 Å². The van der Waals surface area contributed by atoms with Crippen LogP contribution in [0.15, 0.2) is 70.5 Å². The Kier molecular flexibility index (Phi) is 17.4. The third kappa shape index (κ3) is 10.5. The topological polar surface area (TPSA) is 260 Å². The number of benzene rings is 2. The Morgan fingerprint density at radius 1 is 1.02 bits per heavy atom. The molecule has 2 aromatic carbocycles. The molecule has 2 heterocycles. The van der Waals surface area contributed by atoms with E-state index in [1.807, 2.05) is 0 Å². The van der Waals surface area contributed by atoms with Crippen molar-refractivity contribution in [1.29, 1.82) is 0 Å². The molecule has 0 aliphatic heterocycles. The van der Waals surface area contributed by atoms with Gasteiger partial charge in [-0.05, 0) is 37.3 Å². The van der Waals surface area contributed by atoms with E-state index in [1.54, 1.807) is 0 Å². The Balaban J connectivity index is 0.00000337. The molecule has 18 nitrogen and oxygen atoms in total. The van der Waals surface area contributed by atoms with Gasteiger partial charge >= 0.3 is 101 Å². The molecule has 0 aliphatic carbocycles. The number of nitrogens with zero attached hydrogens (tertiary/aromatic N) is 4. The van der Waals surface area contributed by atoms with Gasteiger partial charge in [-0.1, -0.05) is 5.11 Å². The summed E-state index contributed by atoms with van der Waals surface area (Å²) in [5, 5.41) is 45.0. The number of hydrogen-bond donors (Lipinski definition) is 1. The summed E-state index contributed by atoms with van der Waals surface area (Å²) >= 11 is 0.860. The normalized spacial score (nSPS) is 11.1. The summed E-state index contributed by atoms with van der Waals surface area (Å²) < 4.78 is 53.5. The zero-order chi connectivity index (χ0) is 30.6. The van der Waals surface area contributed by atoms with E-state index in [-0.39, 0.29) is 121 Å². The molecule has 2 aromatic heterocycles. The average molecular weight is 711 g/mol. The average Bonchev–Trinajstić information content (AvgIpc) is 3.35. The number of oxazole rings is 1. The van der Waals surface area contributed by atoms with Gasteiger partial charge in [0.15, 0.2) is 11.3 Å². The van der Waals surface area contributed by atoms with Gasteiger partial charge in [0.25, 0.3) is 5.56 Å². The zero-order valence-electron chi connectivity index (χ0n) is 23.7. The molecule has 0 radical (unpaired) electrons. The first kappa shape index (κ1) is 42.1. The van der Waals surface area contributed by atoms with Crippen LogP contribution in [0.25, 0.3) is 11.1 Å². The standard InChI is InChI=1S/C21H16N4O14S3.3Na/c1-9-16(20(28)34-10-5-11(40-38-36-29)7-12(6-10)41-39-37-30)18(26)25(2)19(27)17(9)23-24-21-22-14-4-3-13(42(31,32)33)8-15(14)35-21;;;/h3-8,26,29-30H,1-2H3,(H,31,32,33);;;/q;3*+1/p-3. The third-order valence-electron chi connectivity index (χ3n) is 5.24. The molecule has 4 rings (SSSR count). The van der Waals surface area contributed by atoms with Gasteiger partial charge in [0.05, 0.1) is 29.0 Å². The molecule has 0 fully saturated rings. The van der Waals surface area contributed by atoms with E-state index in [9.17, 15) is 38.2 Å². The predicted octanol–water partition coefficient (Wildman–Crippen LogP) is -7.45. The van der Waals surface area contributed by atoms with Crippen LogP contribution in [0.3, 0.4) is 0 Å². The fraction of sp³-hybridized carbons (Fsp3) is 0.0952. The summed E-state index contributed by atoms with van der Waals surface area (Å²) in [5.41, 5.74) is -1.91. The van der Waals surface area contributed by atoms with Gasteiger partial charge < -0.3 is 29.3 Å². The van der Waals surface area contributed by atoms with Crippen molar-refractivity contribution in [1.82, 2.24) is 9.55 Å². The van der Waals surface area contributed by atoms with E-state index in [4.69, 9.17) is 9.15 Å². The Morgan fingerprint density at radius 3 is 2.18 bits per heavy atom. The molecule has 0 unspecified atom stereocenters. The van der Waals surface area contributed by atoms with Gasteiger partial charge in [-0.25, -0.2) is 13.2 Å². The maximum Gasteiger partial charge on any atom is 1.00 e. The number of esters is 1. The SMILES string of the molecule is Cc1c(C(=O)Oc2cc(SOO[O-])cc(SOO[O-])c2)c(O)n(C)c(=O)c1N=Nc1nc2ccc(S(=O)(=O)[O-])cc2o1.[Na+].[Na+].[Na+]. The molecule has 0 amide bonds. The largest absolute Gasteiger partial charge is 1.00 e. The molecular weight excluding hydrogens is 697 g/mol. The van der Waals surface area contributed by atoms with E-state index < -0.39 is 49.7 Å².